The Hall–Kier alpha value is -2.05. The van der Waals surface area contributed by atoms with Gasteiger partial charge >= 0.3 is 0 Å². The molecule has 1 aromatic heterocycles. The Bertz CT molecular complexity index is 870. The summed E-state index contributed by atoms with van der Waals surface area (Å²) in [5.41, 5.74) is 1.87. The van der Waals surface area contributed by atoms with Gasteiger partial charge < -0.3 is 14.5 Å². The summed E-state index contributed by atoms with van der Waals surface area (Å²) in [5.74, 6) is 0.919. The van der Waals surface area contributed by atoms with Crippen LogP contribution in [0.1, 0.15) is 23.3 Å². The molecule has 1 spiro atoms. The van der Waals surface area contributed by atoms with Gasteiger partial charge in [-0.2, -0.15) is 0 Å². The highest BCUT2D eigenvalue weighted by Crippen LogP contribution is 2.55. The largest absolute Gasteiger partial charge is 0.369 e. The summed E-state index contributed by atoms with van der Waals surface area (Å²) in [6, 6.07) is 7.66. The van der Waals surface area contributed by atoms with Gasteiger partial charge in [0.1, 0.15) is 5.69 Å². The number of fused-ring (bicyclic) bond motifs is 2. The van der Waals surface area contributed by atoms with Crippen LogP contribution in [0.15, 0.2) is 30.5 Å². The molecule has 6 nitrogen and oxygen atoms in total. The summed E-state index contributed by atoms with van der Waals surface area (Å²) < 4.78 is 6.43. The molecule has 0 radical (unpaired) electrons. The van der Waals surface area contributed by atoms with E-state index in [-0.39, 0.29) is 11.5 Å². The van der Waals surface area contributed by atoms with E-state index in [4.69, 9.17) is 4.74 Å². The molecule has 136 valence electrons. The van der Waals surface area contributed by atoms with Gasteiger partial charge in [-0.05, 0) is 39.1 Å². The molecule has 4 heterocycles. The van der Waals surface area contributed by atoms with E-state index in [1.54, 1.807) is 6.20 Å². The SMILES string of the molecule is CN(C)C[C@H]1[C@@H]2CC[C@@]3(CN(C(=O)c4cnc5ccccc5n4)C[C@@H]13)O2. The molecule has 3 aliphatic rings. The molecule has 2 bridgehead atoms. The van der Waals surface area contributed by atoms with E-state index < -0.39 is 0 Å². The van der Waals surface area contributed by atoms with E-state index >= 15 is 0 Å². The predicted molar refractivity (Wildman–Crippen MR) is 97.8 cm³/mol. The molecule has 26 heavy (non-hydrogen) atoms. The van der Waals surface area contributed by atoms with Crippen LogP contribution in [0.4, 0.5) is 0 Å². The Morgan fingerprint density at radius 1 is 1.35 bits per heavy atom. The first-order chi connectivity index (χ1) is 12.6. The van der Waals surface area contributed by atoms with Crippen molar-refractivity contribution in [3.05, 3.63) is 36.2 Å². The van der Waals surface area contributed by atoms with Gasteiger partial charge in [-0.3, -0.25) is 9.78 Å². The second-order valence-corrected chi connectivity index (χ2v) is 8.22. The molecule has 6 heteroatoms. The van der Waals surface area contributed by atoms with Crippen LogP contribution in [0.2, 0.25) is 0 Å². The molecule has 0 unspecified atom stereocenters. The molecule has 0 aliphatic carbocycles. The predicted octanol–water partition coefficient (Wildman–Crippen LogP) is 1.81. The van der Waals surface area contributed by atoms with Crippen LogP contribution in [-0.2, 0) is 4.74 Å². The molecule has 1 amide bonds. The second kappa shape index (κ2) is 5.72. The van der Waals surface area contributed by atoms with E-state index in [0.29, 0.717) is 30.2 Å². The molecular weight excluding hydrogens is 328 g/mol. The lowest BCUT2D eigenvalue weighted by atomic mass is 9.73. The summed E-state index contributed by atoms with van der Waals surface area (Å²) >= 11 is 0. The fourth-order valence-electron chi connectivity index (χ4n) is 5.23. The molecule has 0 N–H and O–H groups in total. The minimum Gasteiger partial charge on any atom is -0.369 e. The first kappa shape index (κ1) is 16.1. The number of aromatic nitrogens is 2. The highest BCUT2D eigenvalue weighted by atomic mass is 16.5. The van der Waals surface area contributed by atoms with Crippen LogP contribution in [-0.4, -0.2) is 71.1 Å². The maximum atomic E-state index is 13.1. The van der Waals surface area contributed by atoms with E-state index in [1.165, 1.54) is 0 Å². The normalized spacial score (nSPS) is 32.6. The van der Waals surface area contributed by atoms with Gasteiger partial charge in [0.05, 0.1) is 35.5 Å². The number of para-hydroxylation sites is 2. The zero-order valence-electron chi connectivity index (χ0n) is 15.3. The number of benzene rings is 1. The van der Waals surface area contributed by atoms with E-state index in [9.17, 15) is 4.79 Å². The molecular formula is C20H24N4O2. The molecule has 4 atom stereocenters. The average Bonchev–Trinajstić information content (AvgIpc) is 3.30. The van der Waals surface area contributed by atoms with Gasteiger partial charge in [-0.25, -0.2) is 4.98 Å². The number of hydrogen-bond donors (Lipinski definition) is 0. The molecule has 0 saturated carbocycles. The number of amides is 1. The zero-order chi connectivity index (χ0) is 17.9. The molecule has 3 fully saturated rings. The van der Waals surface area contributed by atoms with Gasteiger partial charge in [0.25, 0.3) is 5.91 Å². The molecule has 1 aromatic carbocycles. The lowest BCUT2D eigenvalue weighted by Gasteiger charge is -2.30. The third-order valence-corrected chi connectivity index (χ3v) is 6.31. The number of carbonyl (C=O) groups excluding carboxylic acids is 1. The Morgan fingerprint density at radius 3 is 2.96 bits per heavy atom. The smallest absolute Gasteiger partial charge is 0.274 e. The van der Waals surface area contributed by atoms with Gasteiger partial charge in [-0.1, -0.05) is 12.1 Å². The third kappa shape index (κ3) is 2.36. The zero-order valence-corrected chi connectivity index (χ0v) is 15.3. The van der Waals surface area contributed by atoms with Crippen LogP contribution in [0.5, 0.6) is 0 Å². The second-order valence-electron chi connectivity index (χ2n) is 8.22. The van der Waals surface area contributed by atoms with Crippen LogP contribution in [0.25, 0.3) is 11.0 Å². The van der Waals surface area contributed by atoms with Crippen LogP contribution in [0.3, 0.4) is 0 Å². The monoisotopic (exact) mass is 352 g/mol. The Kier molecular flexibility index (Phi) is 3.56. The summed E-state index contributed by atoms with van der Waals surface area (Å²) in [5, 5.41) is 0. The minimum absolute atomic E-state index is 0.0253. The van der Waals surface area contributed by atoms with E-state index in [0.717, 1.165) is 37.0 Å². The topological polar surface area (TPSA) is 58.6 Å². The Labute approximate surface area is 153 Å². The number of hydrogen-bond acceptors (Lipinski definition) is 5. The fourth-order valence-corrected chi connectivity index (χ4v) is 5.23. The van der Waals surface area contributed by atoms with Crippen molar-refractivity contribution >= 4 is 16.9 Å². The highest BCUT2D eigenvalue weighted by molar-refractivity contribution is 5.94. The molecule has 3 aliphatic heterocycles. The summed E-state index contributed by atoms with van der Waals surface area (Å²) in [7, 11) is 4.22. The number of rotatable bonds is 3. The van der Waals surface area contributed by atoms with Crippen LogP contribution < -0.4 is 0 Å². The number of likely N-dealkylation sites (tertiary alicyclic amines) is 1. The maximum absolute atomic E-state index is 13.1. The Morgan fingerprint density at radius 2 is 2.15 bits per heavy atom. The third-order valence-electron chi connectivity index (χ3n) is 6.31. The van der Waals surface area contributed by atoms with Crippen molar-refractivity contribution in [3.63, 3.8) is 0 Å². The van der Waals surface area contributed by atoms with Crippen molar-refractivity contribution in [2.45, 2.75) is 24.5 Å². The quantitative estimate of drug-likeness (QED) is 0.843. The van der Waals surface area contributed by atoms with Crippen molar-refractivity contribution in [2.75, 3.05) is 33.7 Å². The standard InChI is InChI=1S/C20H24N4O2/c1-23(2)10-13-14-11-24(12-20(14)8-7-18(13)26-20)19(25)17-9-21-15-5-3-4-6-16(15)22-17/h3-6,9,13-14,18H,7-8,10-12H2,1-2H3/t13-,14+,18+,20+/m1/s1. The van der Waals surface area contributed by atoms with Crippen molar-refractivity contribution in [1.82, 2.24) is 19.8 Å². The fraction of sp³-hybridized carbons (Fsp3) is 0.550. The van der Waals surface area contributed by atoms with Crippen LogP contribution in [0, 0.1) is 11.8 Å². The van der Waals surface area contributed by atoms with Crippen molar-refractivity contribution < 1.29 is 9.53 Å². The lowest BCUT2D eigenvalue weighted by Crippen LogP contribution is -2.40. The number of carbonyl (C=O) groups is 1. The van der Waals surface area contributed by atoms with Crippen molar-refractivity contribution in [2.24, 2.45) is 11.8 Å². The molecule has 3 saturated heterocycles. The van der Waals surface area contributed by atoms with E-state index in [1.807, 2.05) is 29.2 Å². The average molecular weight is 352 g/mol. The highest BCUT2D eigenvalue weighted by Gasteiger charge is 2.63. The van der Waals surface area contributed by atoms with Crippen molar-refractivity contribution in [3.8, 4) is 0 Å². The summed E-state index contributed by atoms with van der Waals surface area (Å²) in [6.07, 6.45) is 4.15. The van der Waals surface area contributed by atoms with Gasteiger partial charge in [-0.15, -0.1) is 0 Å². The van der Waals surface area contributed by atoms with Gasteiger partial charge in [0.2, 0.25) is 0 Å². The number of nitrogens with zero attached hydrogens (tertiary/aromatic N) is 4. The number of ether oxygens (including phenoxy) is 1. The minimum atomic E-state index is -0.134. The molecule has 2 aromatic rings. The first-order valence-electron chi connectivity index (χ1n) is 9.39. The summed E-state index contributed by atoms with van der Waals surface area (Å²) in [6.45, 7) is 2.47. The maximum Gasteiger partial charge on any atom is 0.274 e. The first-order valence-corrected chi connectivity index (χ1v) is 9.39. The Balaban J connectivity index is 1.40. The van der Waals surface area contributed by atoms with Crippen LogP contribution >= 0.6 is 0 Å². The summed E-state index contributed by atoms with van der Waals surface area (Å²) in [4.78, 5) is 26.2. The van der Waals surface area contributed by atoms with Gasteiger partial charge in [0, 0.05) is 24.9 Å². The molecule has 5 rings (SSSR count). The van der Waals surface area contributed by atoms with Crippen molar-refractivity contribution in [1.29, 1.82) is 0 Å². The lowest BCUT2D eigenvalue weighted by molar-refractivity contribution is 0.00250. The van der Waals surface area contributed by atoms with Gasteiger partial charge in [0.15, 0.2) is 0 Å². The van der Waals surface area contributed by atoms with E-state index in [2.05, 4.69) is 29.0 Å².